The van der Waals surface area contributed by atoms with Gasteiger partial charge in [-0.2, -0.15) is 0 Å². The Bertz CT molecular complexity index is 2150. The molecule has 6 aromatic rings. The van der Waals surface area contributed by atoms with Gasteiger partial charge in [0.25, 0.3) is 0 Å². The Kier molecular flexibility index (Phi) is 7.98. The highest BCUT2D eigenvalue weighted by Gasteiger charge is 2.46. The van der Waals surface area contributed by atoms with Gasteiger partial charge in [-0.25, -0.2) is 0 Å². The zero-order valence-electron chi connectivity index (χ0n) is 29.6. The second-order valence-electron chi connectivity index (χ2n) is 14.8. The number of hydrogen-bond donors (Lipinski definition) is 0. The van der Waals surface area contributed by atoms with Gasteiger partial charge in [0, 0.05) is 33.2 Å². The Hall–Kier alpha value is -4.24. The fraction of sp³-hybridized carbons (Fsp3) is 0.333. The van der Waals surface area contributed by atoms with Crippen LogP contribution in [0, 0.1) is 0 Å². The number of aryl methyl sites for hydroxylation is 3. The third kappa shape index (κ3) is 4.68. The second kappa shape index (κ2) is 12.3. The summed E-state index contributed by atoms with van der Waals surface area (Å²) in [6, 6.07) is 37.7. The number of aromatic nitrogens is 1. The normalized spacial score (nSPS) is 14.4. The second-order valence-corrected chi connectivity index (χ2v) is 14.8. The van der Waals surface area contributed by atoms with Gasteiger partial charge in [-0.3, -0.25) is 0 Å². The molecule has 0 unspecified atom stereocenters. The number of para-hydroxylation sites is 4. The first-order valence-electron chi connectivity index (χ1n) is 18.7. The van der Waals surface area contributed by atoms with Crippen molar-refractivity contribution in [1.82, 2.24) is 4.57 Å². The molecule has 0 radical (unpaired) electrons. The van der Waals surface area contributed by atoms with E-state index in [0.29, 0.717) is 0 Å². The predicted octanol–water partition coefficient (Wildman–Crippen LogP) is 10.7. The molecule has 0 N–H and O–H groups in total. The van der Waals surface area contributed by atoms with Crippen molar-refractivity contribution in [3.05, 3.63) is 125 Å². The summed E-state index contributed by atoms with van der Waals surface area (Å²) < 4.78 is 2.55. The fourth-order valence-corrected chi connectivity index (χ4v) is 8.95. The van der Waals surface area contributed by atoms with Gasteiger partial charge >= 0.3 is 6.85 Å². The monoisotopic (exact) mass is 628 g/mol. The van der Waals surface area contributed by atoms with Crippen molar-refractivity contribution in [2.75, 3.05) is 4.81 Å². The highest BCUT2D eigenvalue weighted by atomic mass is 15.1. The van der Waals surface area contributed by atoms with E-state index in [0.717, 1.165) is 19.3 Å². The molecule has 0 spiro atoms. The molecule has 3 heterocycles. The molecule has 0 bridgehead atoms. The summed E-state index contributed by atoms with van der Waals surface area (Å²) in [7, 11) is 0. The highest BCUT2D eigenvalue weighted by molar-refractivity contribution is 6.92. The van der Waals surface area contributed by atoms with E-state index < -0.39 is 0 Å². The van der Waals surface area contributed by atoms with Crippen LogP contribution >= 0.6 is 0 Å². The molecule has 0 atom stereocenters. The average Bonchev–Trinajstić information content (AvgIpc) is 3.45. The zero-order valence-corrected chi connectivity index (χ0v) is 29.6. The minimum absolute atomic E-state index is 0.0555. The Labute approximate surface area is 287 Å². The summed E-state index contributed by atoms with van der Waals surface area (Å²) >= 11 is 0. The van der Waals surface area contributed by atoms with Crippen molar-refractivity contribution in [2.24, 2.45) is 0 Å². The molecule has 2 nitrogen and oxygen atoms in total. The molecule has 3 heteroatoms. The quantitative estimate of drug-likeness (QED) is 0.137. The van der Waals surface area contributed by atoms with E-state index in [1.54, 1.807) is 0 Å². The molecule has 0 saturated heterocycles. The molecular formula is C45H49BN2. The predicted molar refractivity (Wildman–Crippen MR) is 209 cm³/mol. The summed E-state index contributed by atoms with van der Waals surface area (Å²) in [5.41, 5.74) is 17.0. The van der Waals surface area contributed by atoms with Crippen LogP contribution in [-0.4, -0.2) is 11.4 Å². The van der Waals surface area contributed by atoms with Crippen LogP contribution in [-0.2, 0) is 24.7 Å². The van der Waals surface area contributed by atoms with E-state index in [2.05, 4.69) is 141 Å². The van der Waals surface area contributed by atoms with Gasteiger partial charge < -0.3 is 9.38 Å². The van der Waals surface area contributed by atoms with Crippen LogP contribution in [0.4, 0.5) is 11.4 Å². The molecule has 8 rings (SSSR count). The third-order valence-electron chi connectivity index (χ3n) is 11.4. The number of unbranched alkanes of at least 4 members (excludes halogenated alkanes) is 3. The van der Waals surface area contributed by atoms with Gasteiger partial charge in [-0.15, -0.1) is 0 Å². The number of benzene rings is 5. The minimum Gasteiger partial charge on any atom is -0.376 e. The smallest absolute Gasteiger partial charge is 0.332 e. The van der Waals surface area contributed by atoms with Crippen molar-refractivity contribution in [1.29, 1.82) is 0 Å². The molecule has 0 fully saturated rings. The summed E-state index contributed by atoms with van der Waals surface area (Å²) in [5, 5.41) is 2.68. The van der Waals surface area contributed by atoms with E-state index in [9.17, 15) is 0 Å². The first-order chi connectivity index (χ1) is 23.5. The van der Waals surface area contributed by atoms with Crippen molar-refractivity contribution in [3.8, 4) is 5.69 Å². The largest absolute Gasteiger partial charge is 0.376 e. The standard InChI is InChI=1S/C45H49BN2/c1-6-9-18-31-29-33(20-11-8-3)43-37(30-31)45(4,5)36-24-16-21-32(19-10-7-2)42(36)48(43)46-38-25-13-15-28-41(38)47-40-27-14-12-22-34(40)35-23-17-26-39(46)44(35)47/h12-17,21-30H,6-11,18-20H2,1-5H3. The Morgan fingerprint density at radius 2 is 1.23 bits per heavy atom. The van der Waals surface area contributed by atoms with Gasteiger partial charge in [0.05, 0.1) is 11.0 Å². The zero-order chi connectivity index (χ0) is 33.0. The lowest BCUT2D eigenvalue weighted by Gasteiger charge is -2.48. The van der Waals surface area contributed by atoms with E-state index in [4.69, 9.17) is 0 Å². The van der Waals surface area contributed by atoms with E-state index in [1.807, 2.05) is 0 Å². The first-order valence-corrected chi connectivity index (χ1v) is 18.7. The van der Waals surface area contributed by atoms with Gasteiger partial charge in [0.2, 0.25) is 0 Å². The van der Waals surface area contributed by atoms with Gasteiger partial charge in [0.1, 0.15) is 0 Å². The van der Waals surface area contributed by atoms with Crippen molar-refractivity contribution >= 4 is 51.0 Å². The highest BCUT2D eigenvalue weighted by Crippen LogP contribution is 2.53. The van der Waals surface area contributed by atoms with Crippen LogP contribution in [0.3, 0.4) is 0 Å². The summed E-state index contributed by atoms with van der Waals surface area (Å²) in [4.78, 5) is 2.85. The Balaban J connectivity index is 1.50. The molecule has 2 aliphatic heterocycles. The maximum Gasteiger partial charge on any atom is 0.332 e. The maximum atomic E-state index is 2.85. The van der Waals surface area contributed by atoms with Crippen molar-refractivity contribution < 1.29 is 0 Å². The average molecular weight is 629 g/mol. The molecule has 1 aromatic heterocycles. The van der Waals surface area contributed by atoms with Gasteiger partial charge in [-0.1, -0.05) is 139 Å². The number of fused-ring (bicyclic) bond motifs is 7. The Morgan fingerprint density at radius 3 is 2.04 bits per heavy atom. The van der Waals surface area contributed by atoms with Crippen molar-refractivity contribution in [2.45, 2.75) is 97.8 Å². The number of rotatable bonds is 10. The molecule has 0 aliphatic carbocycles. The number of nitrogens with zero attached hydrogens (tertiary/aromatic N) is 2. The van der Waals surface area contributed by atoms with Crippen LogP contribution in [0.2, 0.25) is 0 Å². The van der Waals surface area contributed by atoms with Crippen molar-refractivity contribution in [3.63, 3.8) is 0 Å². The molecule has 242 valence electrons. The number of anilines is 2. The number of hydrogen-bond acceptors (Lipinski definition) is 1. The molecule has 2 aliphatic rings. The van der Waals surface area contributed by atoms with E-state index >= 15 is 0 Å². The van der Waals surface area contributed by atoms with Crippen LogP contribution in [0.15, 0.2) is 97.1 Å². The van der Waals surface area contributed by atoms with Crippen LogP contribution < -0.4 is 15.7 Å². The topological polar surface area (TPSA) is 8.17 Å². The van der Waals surface area contributed by atoms with Crippen LogP contribution in [0.25, 0.3) is 27.5 Å². The minimum atomic E-state index is -0.109. The third-order valence-corrected chi connectivity index (χ3v) is 11.4. The van der Waals surface area contributed by atoms with E-state index in [-0.39, 0.29) is 12.3 Å². The van der Waals surface area contributed by atoms with Gasteiger partial charge in [0.15, 0.2) is 0 Å². The van der Waals surface area contributed by atoms with Crippen LogP contribution in [0.1, 0.15) is 101 Å². The molecule has 48 heavy (non-hydrogen) atoms. The fourth-order valence-electron chi connectivity index (χ4n) is 8.95. The van der Waals surface area contributed by atoms with Gasteiger partial charge in [-0.05, 0) is 89.4 Å². The molecule has 5 aromatic carbocycles. The SMILES string of the molecule is CCCCc1cc(CCCC)c2c(c1)C(C)(C)c1cccc(CCCC)c1N2B1c2ccccc2-n2c3ccccc3c3cccc1c32. The van der Waals surface area contributed by atoms with Crippen LogP contribution in [0.5, 0.6) is 0 Å². The molecular weight excluding hydrogens is 579 g/mol. The van der Waals surface area contributed by atoms with E-state index in [1.165, 1.54) is 116 Å². The first kappa shape index (κ1) is 31.1. The lowest BCUT2D eigenvalue weighted by molar-refractivity contribution is 0.626. The lowest BCUT2D eigenvalue weighted by atomic mass is 9.45. The summed E-state index contributed by atoms with van der Waals surface area (Å²) in [6.07, 6.45) is 10.6. The molecule has 0 amide bonds. The molecule has 0 saturated carbocycles. The Morgan fingerprint density at radius 1 is 0.583 bits per heavy atom. The summed E-state index contributed by atoms with van der Waals surface area (Å²) in [5.74, 6) is 0. The lowest BCUT2D eigenvalue weighted by Crippen LogP contribution is -2.60. The maximum absolute atomic E-state index is 2.85. The summed E-state index contributed by atoms with van der Waals surface area (Å²) in [6.45, 7) is 12.0.